The molecule has 2 unspecified atom stereocenters. The molecule has 0 spiro atoms. The van der Waals surface area contributed by atoms with Crippen molar-refractivity contribution in [2.24, 2.45) is 5.92 Å². The summed E-state index contributed by atoms with van der Waals surface area (Å²) in [7, 11) is 3.01. The topological polar surface area (TPSA) is 78.9 Å². The molecule has 0 bridgehead atoms. The number of aryl methyl sites for hydroxylation is 1. The zero-order chi connectivity index (χ0) is 20.1. The molecule has 2 aromatic carbocycles. The van der Waals surface area contributed by atoms with Crippen LogP contribution in [-0.4, -0.2) is 37.9 Å². The van der Waals surface area contributed by atoms with Gasteiger partial charge in [-0.05, 0) is 36.6 Å². The van der Waals surface area contributed by atoms with Crippen LogP contribution in [0.2, 0.25) is 0 Å². The third-order valence-electron chi connectivity index (χ3n) is 4.81. The lowest BCUT2D eigenvalue weighted by molar-refractivity contribution is -0.146. The van der Waals surface area contributed by atoms with Gasteiger partial charge in [-0.25, -0.2) is 0 Å². The summed E-state index contributed by atoms with van der Waals surface area (Å²) in [5, 5.41) is 0. The molecule has 6 heteroatoms. The van der Waals surface area contributed by atoms with Gasteiger partial charge in [-0.1, -0.05) is 30.3 Å². The lowest BCUT2D eigenvalue weighted by atomic mass is 9.92. The summed E-state index contributed by atoms with van der Waals surface area (Å²) in [6, 6.07) is 14.7. The first-order valence-electron chi connectivity index (χ1n) is 9.05. The van der Waals surface area contributed by atoms with E-state index in [4.69, 9.17) is 14.2 Å². The molecule has 1 aliphatic heterocycles. The van der Waals surface area contributed by atoms with E-state index in [1.165, 1.54) is 14.2 Å². The Morgan fingerprint density at radius 3 is 2.46 bits per heavy atom. The number of cyclic esters (lactones) is 1. The molecule has 0 aliphatic carbocycles. The predicted molar refractivity (Wildman–Crippen MR) is 101 cm³/mol. The van der Waals surface area contributed by atoms with Gasteiger partial charge in [0.1, 0.15) is 11.5 Å². The van der Waals surface area contributed by atoms with Gasteiger partial charge in [-0.2, -0.15) is 0 Å². The summed E-state index contributed by atoms with van der Waals surface area (Å²) in [6.07, 6.45) is -0.0401. The highest BCUT2D eigenvalue weighted by atomic mass is 16.6. The molecule has 0 amide bonds. The van der Waals surface area contributed by atoms with Gasteiger partial charge in [0, 0.05) is 12.0 Å². The number of hydrogen-bond acceptors (Lipinski definition) is 6. The number of rotatable bonds is 8. The minimum Gasteiger partial charge on any atom is -0.497 e. The summed E-state index contributed by atoms with van der Waals surface area (Å²) < 4.78 is 15.6. The summed E-state index contributed by atoms with van der Waals surface area (Å²) in [6.45, 7) is 0. The van der Waals surface area contributed by atoms with E-state index in [1.54, 1.807) is 18.2 Å². The maximum absolute atomic E-state index is 12.7. The molecule has 1 fully saturated rings. The largest absolute Gasteiger partial charge is 0.497 e. The van der Waals surface area contributed by atoms with Crippen LogP contribution < -0.4 is 9.47 Å². The number of carbonyl (C=O) groups excluding carboxylic acids is 3. The van der Waals surface area contributed by atoms with Gasteiger partial charge >= 0.3 is 5.97 Å². The monoisotopic (exact) mass is 382 g/mol. The number of Topliss-reactive ketones (excluding diaryl/α,β-unsaturated/α-hetero) is 2. The lowest BCUT2D eigenvalue weighted by Crippen LogP contribution is -2.29. The predicted octanol–water partition coefficient (Wildman–Crippen LogP) is 2.56. The van der Waals surface area contributed by atoms with Crippen LogP contribution in [0.5, 0.6) is 11.5 Å². The first-order chi connectivity index (χ1) is 13.5. The first kappa shape index (κ1) is 19.6. The summed E-state index contributed by atoms with van der Waals surface area (Å²) in [5.41, 5.74) is 1.60. The molecule has 0 aromatic heterocycles. The number of ether oxygens (including phenoxy) is 3. The Kier molecular flexibility index (Phi) is 6.09. The van der Waals surface area contributed by atoms with Gasteiger partial charge in [-0.15, -0.1) is 0 Å². The van der Waals surface area contributed by atoms with E-state index in [9.17, 15) is 14.4 Å². The molecule has 2 aromatic rings. The van der Waals surface area contributed by atoms with E-state index in [2.05, 4.69) is 0 Å². The number of benzene rings is 2. The van der Waals surface area contributed by atoms with Crippen molar-refractivity contribution in [2.45, 2.75) is 25.4 Å². The summed E-state index contributed by atoms with van der Waals surface area (Å²) in [4.78, 5) is 37.5. The van der Waals surface area contributed by atoms with Crippen LogP contribution >= 0.6 is 0 Å². The molecule has 0 N–H and O–H groups in total. The van der Waals surface area contributed by atoms with Gasteiger partial charge in [0.15, 0.2) is 23.6 Å². The molecule has 146 valence electrons. The fourth-order valence-corrected chi connectivity index (χ4v) is 3.31. The molecule has 6 nitrogen and oxygen atoms in total. The van der Waals surface area contributed by atoms with E-state index < -0.39 is 29.6 Å². The lowest BCUT2D eigenvalue weighted by Gasteiger charge is -2.11. The SMILES string of the molecule is COc1ccc(OC)c(CC(=O)C2C(=O)OC(CCc3ccccc3)C2=O)c1. The van der Waals surface area contributed by atoms with Crippen molar-refractivity contribution < 1.29 is 28.6 Å². The highest BCUT2D eigenvalue weighted by Crippen LogP contribution is 2.28. The zero-order valence-electron chi connectivity index (χ0n) is 15.8. The smallest absolute Gasteiger partial charge is 0.325 e. The van der Waals surface area contributed by atoms with E-state index in [0.29, 0.717) is 29.9 Å². The Bertz CT molecular complexity index is 874. The standard InChI is InChI=1S/C22H22O6/c1-26-16-9-11-18(27-2)15(12-16)13-17(23)20-21(24)19(28-22(20)25)10-8-14-6-4-3-5-7-14/h3-7,9,11-12,19-20H,8,10,13H2,1-2H3. The highest BCUT2D eigenvalue weighted by molar-refractivity contribution is 6.22. The fraction of sp³-hybridized carbons (Fsp3) is 0.318. The molecule has 28 heavy (non-hydrogen) atoms. The zero-order valence-corrected chi connectivity index (χ0v) is 15.8. The van der Waals surface area contributed by atoms with Crippen molar-refractivity contribution in [2.75, 3.05) is 14.2 Å². The van der Waals surface area contributed by atoms with Crippen LogP contribution in [0.4, 0.5) is 0 Å². The molecular formula is C22H22O6. The van der Waals surface area contributed by atoms with Crippen LogP contribution in [0.25, 0.3) is 0 Å². The fourth-order valence-electron chi connectivity index (χ4n) is 3.31. The van der Waals surface area contributed by atoms with Crippen molar-refractivity contribution in [3.63, 3.8) is 0 Å². The van der Waals surface area contributed by atoms with Gasteiger partial charge < -0.3 is 14.2 Å². The van der Waals surface area contributed by atoms with Gasteiger partial charge in [0.05, 0.1) is 14.2 Å². The van der Waals surface area contributed by atoms with E-state index in [1.807, 2.05) is 30.3 Å². The van der Waals surface area contributed by atoms with Crippen molar-refractivity contribution in [1.82, 2.24) is 0 Å². The van der Waals surface area contributed by atoms with Crippen LogP contribution in [0, 0.1) is 5.92 Å². The van der Waals surface area contributed by atoms with Crippen molar-refractivity contribution in [3.8, 4) is 11.5 Å². The van der Waals surface area contributed by atoms with Gasteiger partial charge in [0.25, 0.3) is 0 Å². The Balaban J connectivity index is 1.68. The average molecular weight is 382 g/mol. The Morgan fingerprint density at radius 1 is 1.04 bits per heavy atom. The molecule has 3 rings (SSSR count). The molecule has 1 heterocycles. The first-order valence-corrected chi connectivity index (χ1v) is 9.05. The summed E-state index contributed by atoms with van der Waals surface area (Å²) >= 11 is 0. The maximum Gasteiger partial charge on any atom is 0.325 e. The van der Waals surface area contributed by atoms with Crippen molar-refractivity contribution in [3.05, 3.63) is 59.7 Å². The van der Waals surface area contributed by atoms with Gasteiger partial charge in [0.2, 0.25) is 0 Å². The number of carbonyl (C=O) groups is 3. The number of hydrogen-bond donors (Lipinski definition) is 0. The molecular weight excluding hydrogens is 360 g/mol. The molecule has 1 aliphatic rings. The second-order valence-electron chi connectivity index (χ2n) is 6.61. The molecule has 1 saturated heterocycles. The van der Waals surface area contributed by atoms with Crippen LogP contribution in [0.15, 0.2) is 48.5 Å². The van der Waals surface area contributed by atoms with E-state index >= 15 is 0 Å². The highest BCUT2D eigenvalue weighted by Gasteiger charge is 2.47. The second kappa shape index (κ2) is 8.69. The Hall–Kier alpha value is -3.15. The third-order valence-corrected chi connectivity index (χ3v) is 4.81. The van der Waals surface area contributed by atoms with Gasteiger partial charge in [-0.3, -0.25) is 14.4 Å². The number of ketones is 2. The minimum absolute atomic E-state index is 0.114. The van der Waals surface area contributed by atoms with Crippen molar-refractivity contribution >= 4 is 17.5 Å². The Labute approximate surface area is 163 Å². The minimum atomic E-state index is -1.38. The maximum atomic E-state index is 12.7. The Morgan fingerprint density at radius 2 is 1.79 bits per heavy atom. The van der Waals surface area contributed by atoms with Crippen molar-refractivity contribution in [1.29, 1.82) is 0 Å². The normalized spacial score (nSPS) is 18.6. The van der Waals surface area contributed by atoms with E-state index in [-0.39, 0.29) is 6.42 Å². The molecule has 2 atom stereocenters. The van der Waals surface area contributed by atoms with Crippen LogP contribution in [0.1, 0.15) is 17.5 Å². The third kappa shape index (κ3) is 4.22. The van der Waals surface area contributed by atoms with E-state index in [0.717, 1.165) is 5.56 Å². The second-order valence-corrected chi connectivity index (χ2v) is 6.61. The molecule has 0 saturated carbocycles. The van der Waals surface area contributed by atoms with Crippen LogP contribution in [0.3, 0.4) is 0 Å². The average Bonchev–Trinajstić information content (AvgIpc) is 3.00. The summed E-state index contributed by atoms with van der Waals surface area (Å²) in [5.74, 6) is -2.05. The quantitative estimate of drug-likeness (QED) is 0.516. The van der Waals surface area contributed by atoms with Crippen LogP contribution in [-0.2, 0) is 32.0 Å². The molecule has 0 radical (unpaired) electrons. The number of methoxy groups -OCH3 is 2. The number of esters is 1.